The predicted molar refractivity (Wildman–Crippen MR) is 111 cm³/mol. The van der Waals surface area contributed by atoms with Crippen molar-refractivity contribution in [1.29, 1.82) is 0 Å². The van der Waals surface area contributed by atoms with E-state index < -0.39 is 0 Å². The van der Waals surface area contributed by atoms with Gasteiger partial charge in [-0.15, -0.1) is 12.4 Å². The molecule has 2 aliphatic carbocycles. The smallest absolute Gasteiger partial charge is 0.251 e. The van der Waals surface area contributed by atoms with Gasteiger partial charge in [0.05, 0.1) is 0 Å². The molecule has 2 bridgehead atoms. The molecule has 150 valence electrons. The van der Waals surface area contributed by atoms with Gasteiger partial charge in [-0.2, -0.15) is 0 Å². The van der Waals surface area contributed by atoms with Gasteiger partial charge in [-0.1, -0.05) is 12.5 Å². The number of carbonyl (C=O) groups excluding carboxylic acids is 2. The molecule has 0 radical (unpaired) electrons. The van der Waals surface area contributed by atoms with Gasteiger partial charge in [0.25, 0.3) is 5.91 Å². The zero-order chi connectivity index (χ0) is 18.9. The molecule has 2 atom stereocenters. The molecule has 0 aromatic heterocycles. The summed E-state index contributed by atoms with van der Waals surface area (Å²) in [4.78, 5) is 25.1. The highest BCUT2D eigenvalue weighted by Crippen LogP contribution is 2.42. The molecule has 0 heterocycles. The topological polar surface area (TPSA) is 84.2 Å². The van der Waals surface area contributed by atoms with Crippen LogP contribution in [0.15, 0.2) is 24.3 Å². The van der Waals surface area contributed by atoms with Crippen LogP contribution in [0, 0.1) is 17.8 Å². The number of amides is 2. The van der Waals surface area contributed by atoms with Gasteiger partial charge in [0.1, 0.15) is 0 Å². The molecular formula is C21H32ClN3O2. The Balaban J connectivity index is 0.00000261. The summed E-state index contributed by atoms with van der Waals surface area (Å²) in [7, 11) is 0. The molecule has 27 heavy (non-hydrogen) atoms. The highest BCUT2D eigenvalue weighted by Gasteiger charge is 2.40. The number of hydrogen-bond acceptors (Lipinski definition) is 3. The first-order chi connectivity index (χ1) is 12.2. The van der Waals surface area contributed by atoms with Crippen LogP contribution in [-0.4, -0.2) is 23.4 Å². The van der Waals surface area contributed by atoms with Gasteiger partial charge < -0.3 is 16.4 Å². The Hall–Kier alpha value is -1.59. The summed E-state index contributed by atoms with van der Waals surface area (Å²) in [5, 5.41) is 5.96. The van der Waals surface area contributed by atoms with Gasteiger partial charge in [0, 0.05) is 28.7 Å². The number of carbonyl (C=O) groups is 2. The van der Waals surface area contributed by atoms with Crippen LogP contribution in [0.2, 0.25) is 0 Å². The molecule has 0 spiro atoms. The quantitative estimate of drug-likeness (QED) is 0.731. The first kappa shape index (κ1) is 21.7. The monoisotopic (exact) mass is 393 g/mol. The van der Waals surface area contributed by atoms with E-state index in [1.807, 2.05) is 26.8 Å². The summed E-state index contributed by atoms with van der Waals surface area (Å²) in [6.45, 7) is 5.84. The summed E-state index contributed by atoms with van der Waals surface area (Å²) in [5.74, 6) is 0.899. The zero-order valence-corrected chi connectivity index (χ0v) is 17.3. The van der Waals surface area contributed by atoms with Gasteiger partial charge in [-0.05, 0) is 76.5 Å². The van der Waals surface area contributed by atoms with Crippen molar-refractivity contribution in [3.63, 3.8) is 0 Å². The Morgan fingerprint density at radius 3 is 2.33 bits per heavy atom. The molecule has 1 aromatic rings. The lowest BCUT2D eigenvalue weighted by molar-refractivity contribution is -0.122. The van der Waals surface area contributed by atoms with E-state index in [1.54, 1.807) is 18.2 Å². The summed E-state index contributed by atoms with van der Waals surface area (Å²) in [6, 6.07) is 7.41. The molecule has 2 fully saturated rings. The Morgan fingerprint density at radius 2 is 1.74 bits per heavy atom. The third kappa shape index (κ3) is 5.45. The number of hydrogen-bond donors (Lipinski definition) is 3. The maximum atomic E-state index is 12.8. The van der Waals surface area contributed by atoms with Crippen molar-refractivity contribution in [1.82, 2.24) is 5.32 Å². The van der Waals surface area contributed by atoms with E-state index in [-0.39, 0.29) is 41.7 Å². The molecule has 0 aliphatic heterocycles. The summed E-state index contributed by atoms with van der Waals surface area (Å²) in [6.07, 6.45) is 5.29. The minimum absolute atomic E-state index is 0. The van der Waals surface area contributed by atoms with Crippen molar-refractivity contribution in [3.8, 4) is 0 Å². The van der Waals surface area contributed by atoms with Crippen LogP contribution < -0.4 is 16.4 Å². The van der Waals surface area contributed by atoms with Crippen LogP contribution in [0.3, 0.4) is 0 Å². The molecule has 2 amide bonds. The van der Waals surface area contributed by atoms with Crippen molar-refractivity contribution in [2.24, 2.45) is 23.5 Å². The second-order valence-corrected chi connectivity index (χ2v) is 8.97. The van der Waals surface area contributed by atoms with Crippen molar-refractivity contribution in [2.75, 3.05) is 5.32 Å². The number of halogens is 1. The van der Waals surface area contributed by atoms with Crippen molar-refractivity contribution in [3.05, 3.63) is 29.8 Å². The standard InChI is InChI=1S/C21H31N3O2.ClH/c1-21(2,3)24-20(26)15-8-5-9-17(12-15)23-19(25)16-10-13-6-4-7-14(11-16)18(13)22;/h5,8-9,12-14,16,18H,4,6-7,10-11,22H2,1-3H3,(H,23,25)(H,24,26);1H. The number of benzene rings is 1. The SMILES string of the molecule is CC(C)(C)NC(=O)c1cccc(NC(=O)C2CC3CCCC(C2)C3N)c1.Cl. The summed E-state index contributed by atoms with van der Waals surface area (Å²) < 4.78 is 0. The second-order valence-electron chi connectivity index (χ2n) is 8.97. The number of fused-ring (bicyclic) bond motifs is 2. The number of nitrogens with one attached hydrogen (secondary N) is 2. The predicted octanol–water partition coefficient (Wildman–Crippen LogP) is 3.73. The van der Waals surface area contributed by atoms with Gasteiger partial charge >= 0.3 is 0 Å². The van der Waals surface area contributed by atoms with Gasteiger partial charge in [-0.25, -0.2) is 0 Å². The van der Waals surface area contributed by atoms with Gasteiger partial charge in [-0.3, -0.25) is 9.59 Å². The van der Waals surface area contributed by atoms with Crippen LogP contribution in [0.4, 0.5) is 5.69 Å². The first-order valence-corrected chi connectivity index (χ1v) is 9.72. The lowest BCUT2D eigenvalue weighted by Gasteiger charge is -2.43. The van der Waals surface area contributed by atoms with Crippen LogP contribution in [0.5, 0.6) is 0 Å². The van der Waals surface area contributed by atoms with E-state index in [2.05, 4.69) is 10.6 Å². The molecule has 2 aliphatic rings. The molecule has 2 saturated carbocycles. The molecule has 4 N–H and O–H groups in total. The van der Waals surface area contributed by atoms with Crippen LogP contribution >= 0.6 is 12.4 Å². The average molecular weight is 394 g/mol. The van der Waals surface area contributed by atoms with Crippen molar-refractivity contribution >= 4 is 29.9 Å². The third-order valence-electron chi connectivity index (χ3n) is 5.66. The summed E-state index contributed by atoms with van der Waals surface area (Å²) >= 11 is 0. The lowest BCUT2D eigenvalue weighted by Crippen LogP contribution is -2.48. The molecule has 1 aromatic carbocycles. The Labute approximate surface area is 168 Å². The highest BCUT2D eigenvalue weighted by molar-refractivity contribution is 5.98. The lowest BCUT2D eigenvalue weighted by atomic mass is 9.65. The van der Waals surface area contributed by atoms with Crippen LogP contribution in [0.25, 0.3) is 0 Å². The molecule has 5 nitrogen and oxygen atoms in total. The fourth-order valence-corrected chi connectivity index (χ4v) is 4.40. The third-order valence-corrected chi connectivity index (χ3v) is 5.66. The maximum Gasteiger partial charge on any atom is 0.251 e. The fourth-order valence-electron chi connectivity index (χ4n) is 4.40. The second kappa shape index (κ2) is 8.61. The van der Waals surface area contributed by atoms with E-state index in [0.29, 0.717) is 23.1 Å². The largest absolute Gasteiger partial charge is 0.347 e. The van der Waals surface area contributed by atoms with Crippen LogP contribution in [0.1, 0.15) is 63.2 Å². The van der Waals surface area contributed by atoms with Crippen molar-refractivity contribution < 1.29 is 9.59 Å². The fraction of sp³-hybridized carbons (Fsp3) is 0.619. The first-order valence-electron chi connectivity index (χ1n) is 9.72. The average Bonchev–Trinajstić information content (AvgIpc) is 2.53. The van der Waals surface area contributed by atoms with E-state index in [4.69, 9.17) is 5.73 Å². The maximum absolute atomic E-state index is 12.8. The Bertz CT molecular complexity index is 672. The van der Waals surface area contributed by atoms with Crippen molar-refractivity contribution in [2.45, 2.75) is 64.5 Å². The summed E-state index contributed by atoms with van der Waals surface area (Å²) in [5.41, 5.74) is 7.26. The van der Waals surface area contributed by atoms with E-state index in [9.17, 15) is 9.59 Å². The molecule has 3 rings (SSSR count). The van der Waals surface area contributed by atoms with Gasteiger partial charge in [0.15, 0.2) is 0 Å². The molecule has 6 heteroatoms. The Morgan fingerprint density at radius 1 is 1.11 bits per heavy atom. The number of anilines is 1. The molecule has 0 saturated heterocycles. The van der Waals surface area contributed by atoms with E-state index >= 15 is 0 Å². The zero-order valence-electron chi connectivity index (χ0n) is 16.5. The normalized spacial score (nSPS) is 27.3. The number of nitrogens with two attached hydrogens (primary N) is 1. The van der Waals surface area contributed by atoms with Crippen LogP contribution in [-0.2, 0) is 4.79 Å². The molecular weight excluding hydrogens is 362 g/mol. The molecule has 2 unspecified atom stereocenters. The minimum atomic E-state index is -0.297. The minimum Gasteiger partial charge on any atom is -0.347 e. The van der Waals surface area contributed by atoms with E-state index in [0.717, 1.165) is 25.7 Å². The van der Waals surface area contributed by atoms with E-state index in [1.165, 1.54) is 6.42 Å². The highest BCUT2D eigenvalue weighted by atomic mass is 35.5. The van der Waals surface area contributed by atoms with Gasteiger partial charge in [0.2, 0.25) is 5.91 Å². The number of rotatable bonds is 3. The Kier molecular flexibility index (Phi) is 6.92.